The summed E-state index contributed by atoms with van der Waals surface area (Å²) < 4.78 is 6.17. The zero-order valence-corrected chi connectivity index (χ0v) is 13.8. The van der Waals surface area contributed by atoms with E-state index in [4.69, 9.17) is 4.74 Å². The minimum Gasteiger partial charge on any atom is -0.492 e. The van der Waals surface area contributed by atoms with Crippen molar-refractivity contribution in [3.05, 3.63) is 29.8 Å². The van der Waals surface area contributed by atoms with Gasteiger partial charge in [0.1, 0.15) is 12.4 Å². The molecule has 118 valence electrons. The molecule has 1 N–H and O–H groups in total. The number of likely N-dealkylation sites (N-methyl/N-ethyl adjacent to an activating group) is 1. The van der Waals surface area contributed by atoms with E-state index in [9.17, 15) is 0 Å². The molecule has 0 bridgehead atoms. The lowest BCUT2D eigenvalue weighted by Crippen LogP contribution is -2.40. The number of rotatable bonds is 7. The largest absolute Gasteiger partial charge is 0.492 e. The fraction of sp³-hybridized carbons (Fsp3) is 0.667. The van der Waals surface area contributed by atoms with E-state index in [-0.39, 0.29) is 0 Å². The van der Waals surface area contributed by atoms with E-state index in [1.807, 2.05) is 0 Å². The van der Waals surface area contributed by atoms with Gasteiger partial charge in [-0.1, -0.05) is 31.5 Å². The summed E-state index contributed by atoms with van der Waals surface area (Å²) >= 11 is 0. The van der Waals surface area contributed by atoms with Crippen LogP contribution in [0.5, 0.6) is 5.75 Å². The van der Waals surface area contributed by atoms with E-state index in [2.05, 4.69) is 55.4 Å². The maximum Gasteiger partial charge on any atom is 0.124 e. The Labute approximate surface area is 129 Å². The van der Waals surface area contributed by atoms with Crippen molar-refractivity contribution in [3.63, 3.8) is 0 Å². The zero-order chi connectivity index (χ0) is 15.1. The molecule has 1 aliphatic heterocycles. The topological polar surface area (TPSA) is 24.5 Å². The number of likely N-dealkylation sites (tertiary alicyclic amines) is 1. The van der Waals surface area contributed by atoms with Gasteiger partial charge >= 0.3 is 0 Å². The summed E-state index contributed by atoms with van der Waals surface area (Å²) in [6.45, 7) is 7.45. The van der Waals surface area contributed by atoms with Crippen molar-refractivity contribution in [2.75, 3.05) is 26.7 Å². The summed E-state index contributed by atoms with van der Waals surface area (Å²) in [4.78, 5) is 2.44. The number of ether oxygens (including phenoxy) is 1. The molecule has 3 nitrogen and oxygen atoms in total. The molecule has 0 radical (unpaired) electrons. The van der Waals surface area contributed by atoms with Gasteiger partial charge in [-0.15, -0.1) is 0 Å². The lowest BCUT2D eigenvalue weighted by molar-refractivity contribution is 0.124. The molecule has 1 aromatic rings. The van der Waals surface area contributed by atoms with Crippen molar-refractivity contribution < 1.29 is 4.74 Å². The van der Waals surface area contributed by atoms with Gasteiger partial charge < -0.3 is 15.0 Å². The van der Waals surface area contributed by atoms with Crippen molar-refractivity contribution in [2.45, 2.75) is 51.6 Å². The number of nitrogens with zero attached hydrogens (tertiary/aromatic N) is 1. The van der Waals surface area contributed by atoms with Gasteiger partial charge in [-0.3, -0.25) is 0 Å². The Morgan fingerprint density at radius 2 is 2.14 bits per heavy atom. The van der Waals surface area contributed by atoms with Crippen LogP contribution in [0, 0.1) is 0 Å². The maximum atomic E-state index is 6.17. The first-order chi connectivity index (χ1) is 10.2. The smallest absolute Gasteiger partial charge is 0.124 e. The molecule has 1 heterocycles. The highest BCUT2D eigenvalue weighted by molar-refractivity contribution is 5.35. The predicted octanol–water partition coefficient (Wildman–Crippen LogP) is 3.61. The Morgan fingerprint density at radius 1 is 1.33 bits per heavy atom. The monoisotopic (exact) mass is 290 g/mol. The number of para-hydroxylation sites is 1. The number of nitrogens with one attached hydrogen (secondary N) is 1. The Bertz CT molecular complexity index is 421. The third-order valence-electron chi connectivity index (χ3n) is 4.44. The third kappa shape index (κ3) is 4.72. The zero-order valence-electron chi connectivity index (χ0n) is 13.8. The summed E-state index contributed by atoms with van der Waals surface area (Å²) in [6.07, 6.45) is 5.05. The van der Waals surface area contributed by atoms with Gasteiger partial charge in [0.25, 0.3) is 0 Å². The molecule has 1 aliphatic rings. The summed E-state index contributed by atoms with van der Waals surface area (Å²) in [6, 6.07) is 9.33. The van der Waals surface area contributed by atoms with Crippen LogP contribution in [-0.4, -0.2) is 37.7 Å². The summed E-state index contributed by atoms with van der Waals surface area (Å²) in [5.74, 6) is 1.03. The van der Waals surface area contributed by atoms with Crippen LogP contribution in [0.2, 0.25) is 0 Å². The average Bonchev–Trinajstić information content (AvgIpc) is 2.52. The van der Waals surface area contributed by atoms with Crippen molar-refractivity contribution in [1.29, 1.82) is 0 Å². The molecule has 1 saturated heterocycles. The lowest BCUT2D eigenvalue weighted by atomic mass is 10.0. The van der Waals surface area contributed by atoms with Crippen LogP contribution in [0.4, 0.5) is 0 Å². The van der Waals surface area contributed by atoms with Crippen molar-refractivity contribution in [2.24, 2.45) is 0 Å². The molecule has 1 aromatic carbocycles. The van der Waals surface area contributed by atoms with Crippen LogP contribution in [0.1, 0.15) is 51.1 Å². The van der Waals surface area contributed by atoms with Crippen LogP contribution in [0.3, 0.4) is 0 Å². The molecular formula is C18H30N2O. The first-order valence-electron chi connectivity index (χ1n) is 8.37. The predicted molar refractivity (Wildman–Crippen MR) is 88.9 cm³/mol. The van der Waals surface area contributed by atoms with Crippen molar-refractivity contribution >= 4 is 0 Å². The first kappa shape index (κ1) is 16.3. The highest BCUT2D eigenvalue weighted by Crippen LogP contribution is 2.26. The minimum atomic E-state index is 0.338. The molecule has 2 atom stereocenters. The number of piperidine rings is 1. The second-order valence-electron chi connectivity index (χ2n) is 6.15. The molecule has 3 heteroatoms. The van der Waals surface area contributed by atoms with Crippen LogP contribution in [0.15, 0.2) is 24.3 Å². The van der Waals surface area contributed by atoms with E-state index < -0.39 is 0 Å². The summed E-state index contributed by atoms with van der Waals surface area (Å²) in [5, 5.41) is 3.55. The Balaban J connectivity index is 1.96. The van der Waals surface area contributed by atoms with Crippen LogP contribution in [-0.2, 0) is 0 Å². The van der Waals surface area contributed by atoms with Gasteiger partial charge in [-0.2, -0.15) is 0 Å². The SMILES string of the molecule is CCCNC(C)c1ccccc1OCC1CCCCN1C. The van der Waals surface area contributed by atoms with E-state index in [0.717, 1.165) is 25.3 Å². The average molecular weight is 290 g/mol. The number of hydrogen-bond acceptors (Lipinski definition) is 3. The molecule has 0 saturated carbocycles. The quantitative estimate of drug-likeness (QED) is 0.830. The molecule has 0 amide bonds. The van der Waals surface area contributed by atoms with E-state index in [1.54, 1.807) is 0 Å². The van der Waals surface area contributed by atoms with E-state index in [1.165, 1.54) is 31.4 Å². The van der Waals surface area contributed by atoms with Crippen molar-refractivity contribution in [3.8, 4) is 5.75 Å². The molecule has 0 aliphatic carbocycles. The fourth-order valence-electron chi connectivity index (χ4n) is 2.98. The van der Waals surface area contributed by atoms with Crippen LogP contribution < -0.4 is 10.1 Å². The molecule has 0 spiro atoms. The fourth-order valence-corrected chi connectivity index (χ4v) is 2.98. The van der Waals surface area contributed by atoms with Gasteiger partial charge in [-0.05, 0) is 52.4 Å². The standard InChI is InChI=1S/C18H30N2O/c1-4-12-19-15(2)17-10-5-6-11-18(17)21-14-16-9-7-8-13-20(16)3/h5-6,10-11,15-16,19H,4,7-9,12-14H2,1-3H3. The lowest BCUT2D eigenvalue weighted by Gasteiger charge is -2.32. The third-order valence-corrected chi connectivity index (χ3v) is 4.44. The molecule has 0 aromatic heterocycles. The Kier molecular flexibility index (Phi) is 6.52. The molecule has 21 heavy (non-hydrogen) atoms. The van der Waals surface area contributed by atoms with Crippen LogP contribution >= 0.6 is 0 Å². The molecular weight excluding hydrogens is 260 g/mol. The van der Waals surface area contributed by atoms with Gasteiger partial charge in [0, 0.05) is 17.6 Å². The number of benzene rings is 1. The second-order valence-corrected chi connectivity index (χ2v) is 6.15. The Morgan fingerprint density at radius 3 is 2.90 bits per heavy atom. The summed E-state index contributed by atoms with van der Waals surface area (Å²) in [7, 11) is 2.21. The molecule has 2 rings (SSSR count). The highest BCUT2D eigenvalue weighted by Gasteiger charge is 2.20. The van der Waals surface area contributed by atoms with Gasteiger partial charge in [0.2, 0.25) is 0 Å². The van der Waals surface area contributed by atoms with E-state index in [0.29, 0.717) is 12.1 Å². The number of hydrogen-bond donors (Lipinski definition) is 1. The first-order valence-corrected chi connectivity index (χ1v) is 8.37. The molecule has 2 unspecified atom stereocenters. The van der Waals surface area contributed by atoms with Crippen molar-refractivity contribution in [1.82, 2.24) is 10.2 Å². The van der Waals surface area contributed by atoms with E-state index >= 15 is 0 Å². The maximum absolute atomic E-state index is 6.17. The van der Waals surface area contributed by atoms with Crippen LogP contribution in [0.25, 0.3) is 0 Å². The molecule has 1 fully saturated rings. The second kappa shape index (κ2) is 8.40. The summed E-state index contributed by atoms with van der Waals surface area (Å²) in [5.41, 5.74) is 1.27. The van der Waals surface area contributed by atoms with Gasteiger partial charge in [-0.25, -0.2) is 0 Å². The minimum absolute atomic E-state index is 0.338. The highest BCUT2D eigenvalue weighted by atomic mass is 16.5. The van der Waals surface area contributed by atoms with Gasteiger partial charge in [0.05, 0.1) is 0 Å². The van der Waals surface area contributed by atoms with Gasteiger partial charge in [0.15, 0.2) is 0 Å². The normalized spacial score (nSPS) is 21.2. The Hall–Kier alpha value is -1.06.